The van der Waals surface area contributed by atoms with Gasteiger partial charge in [-0.3, -0.25) is 24.5 Å². The number of benzene rings is 1. The fourth-order valence-electron chi connectivity index (χ4n) is 6.19. The van der Waals surface area contributed by atoms with Gasteiger partial charge in [-0.05, 0) is 51.7 Å². The number of esters is 2. The zero-order valence-electron chi connectivity index (χ0n) is 25.5. The molecule has 1 amide bonds. The highest BCUT2D eigenvalue weighted by Crippen LogP contribution is 2.61. The number of amides is 1. The number of nitrogens with one attached hydrogen (secondary N) is 2. The summed E-state index contributed by atoms with van der Waals surface area (Å²) in [6, 6.07) is 4.75. The fourth-order valence-corrected chi connectivity index (χ4v) is 6.78. The van der Waals surface area contributed by atoms with Crippen LogP contribution in [0.15, 0.2) is 18.2 Å². The van der Waals surface area contributed by atoms with Crippen molar-refractivity contribution in [3.63, 3.8) is 0 Å². The summed E-state index contributed by atoms with van der Waals surface area (Å²) in [4.78, 5) is 53.3. The van der Waals surface area contributed by atoms with Gasteiger partial charge >= 0.3 is 11.9 Å². The van der Waals surface area contributed by atoms with Crippen LogP contribution in [0.4, 0.5) is 0 Å². The van der Waals surface area contributed by atoms with E-state index in [1.165, 1.54) is 7.11 Å². The Kier molecular flexibility index (Phi) is 10.4. The minimum Gasteiger partial charge on any atom is -0.633 e. The van der Waals surface area contributed by atoms with Crippen LogP contribution in [0, 0.1) is 27.9 Å². The number of rotatable bonds is 9. The van der Waals surface area contributed by atoms with Gasteiger partial charge in [0, 0.05) is 24.8 Å². The van der Waals surface area contributed by atoms with Crippen LogP contribution in [0.25, 0.3) is 0 Å². The number of carbonyl (C=O) groups excluding carboxylic acids is 4. The maximum atomic E-state index is 14.1. The van der Waals surface area contributed by atoms with E-state index in [4.69, 9.17) is 27.9 Å². The lowest BCUT2D eigenvalue weighted by molar-refractivity contribution is -0.885. The monoisotopic (exact) mass is 627 g/mol. The van der Waals surface area contributed by atoms with Crippen molar-refractivity contribution >= 4 is 46.8 Å². The number of hydrogen-bond donors (Lipinski definition) is 2. The topological polar surface area (TPSA) is 134 Å². The van der Waals surface area contributed by atoms with Gasteiger partial charge in [-0.1, -0.05) is 43.1 Å². The van der Waals surface area contributed by atoms with Crippen molar-refractivity contribution in [1.29, 1.82) is 0 Å². The third kappa shape index (κ3) is 7.10. The number of Topliss-reactive ketones (excluding diaryl/α,β-unsaturated/α-hetero) is 1. The number of ether oxygens (including phenoxy) is 2. The number of hydrogen-bond acceptors (Lipinski definition) is 8. The summed E-state index contributed by atoms with van der Waals surface area (Å²) in [6.07, 6.45) is -0.0563. The number of halogens is 2. The van der Waals surface area contributed by atoms with Crippen molar-refractivity contribution in [2.45, 2.75) is 72.6 Å². The molecule has 3 rings (SSSR count). The average Bonchev–Trinajstić information content (AvgIpc) is 3.09. The second kappa shape index (κ2) is 12.8. The maximum Gasteiger partial charge on any atom is 0.313 e. The van der Waals surface area contributed by atoms with Crippen molar-refractivity contribution in [1.82, 2.24) is 10.6 Å². The molecule has 1 heterocycles. The number of ketones is 1. The second-order valence-electron chi connectivity index (χ2n) is 13.1. The summed E-state index contributed by atoms with van der Waals surface area (Å²) in [5.41, 5.74) is -3.17. The number of nitrogens with zero attached hydrogens (tertiary/aromatic N) is 1. The predicted molar refractivity (Wildman–Crippen MR) is 160 cm³/mol. The van der Waals surface area contributed by atoms with E-state index in [0.29, 0.717) is 19.5 Å². The molecule has 12 heteroatoms. The zero-order chi connectivity index (χ0) is 31.7. The van der Waals surface area contributed by atoms with Crippen LogP contribution in [0.3, 0.4) is 0 Å². The van der Waals surface area contributed by atoms with Crippen LogP contribution in [-0.2, 0) is 23.9 Å². The Bertz CT molecular complexity index is 1200. The van der Waals surface area contributed by atoms with Gasteiger partial charge in [0.15, 0.2) is 5.78 Å². The highest BCUT2D eigenvalue weighted by molar-refractivity contribution is 6.40. The second-order valence-corrected chi connectivity index (χ2v) is 13.9. The molecule has 1 aliphatic heterocycles. The van der Waals surface area contributed by atoms with Gasteiger partial charge in [0.25, 0.3) is 0 Å². The number of methoxy groups -OCH3 is 1. The molecule has 10 nitrogen and oxygen atoms in total. The van der Waals surface area contributed by atoms with E-state index in [-0.39, 0.29) is 53.4 Å². The molecule has 1 aromatic rings. The summed E-state index contributed by atoms with van der Waals surface area (Å²) in [6.45, 7) is 11.4. The van der Waals surface area contributed by atoms with Crippen molar-refractivity contribution in [2.24, 2.45) is 22.7 Å². The van der Waals surface area contributed by atoms with E-state index in [1.807, 2.05) is 0 Å². The lowest BCUT2D eigenvalue weighted by atomic mass is 9.62. The molecule has 1 aliphatic carbocycles. The molecule has 5 atom stereocenters. The summed E-state index contributed by atoms with van der Waals surface area (Å²) in [5.74, 6) is -3.51. The first kappa shape index (κ1) is 34.3. The molecule has 1 aromatic carbocycles. The van der Waals surface area contributed by atoms with Gasteiger partial charge in [0.2, 0.25) is 5.91 Å². The maximum absolute atomic E-state index is 14.1. The van der Waals surface area contributed by atoms with E-state index in [9.17, 15) is 24.4 Å². The molecule has 234 valence electrons. The Morgan fingerprint density at radius 1 is 1.12 bits per heavy atom. The van der Waals surface area contributed by atoms with Crippen LogP contribution in [-0.4, -0.2) is 73.3 Å². The molecule has 0 radical (unpaired) electrons. The van der Waals surface area contributed by atoms with Gasteiger partial charge in [-0.2, -0.15) is 0 Å². The predicted octanol–water partition coefficient (Wildman–Crippen LogP) is 4.50. The standard InChI is InChI=1S/C30H43Cl2N3O7/c1-28(2,3)42-27(39)30(6)18(25(37)24-20(31)10-8-11-21(24)32)16-19(29(30,4)5)26(38)34-22-17-35(40,15-13-33-22)14-9-12-23(36)41-7/h8,10-11,18-19,22,33H,9,12-17H2,1-7H3,(H,34,38)/t18?,19?,22-,30?,35+/m1/s1. The number of carbonyl (C=O) groups is 4. The van der Waals surface area contributed by atoms with Crippen LogP contribution in [0.1, 0.15) is 71.2 Å². The third-order valence-electron chi connectivity index (χ3n) is 8.96. The fraction of sp³-hybridized carbons (Fsp3) is 0.667. The van der Waals surface area contributed by atoms with Crippen LogP contribution in [0.2, 0.25) is 10.0 Å². The van der Waals surface area contributed by atoms with Crippen LogP contribution in [0.5, 0.6) is 0 Å². The molecule has 0 spiro atoms. The highest BCUT2D eigenvalue weighted by atomic mass is 35.5. The van der Waals surface area contributed by atoms with E-state index in [0.717, 1.165) is 0 Å². The number of piperazine rings is 1. The highest BCUT2D eigenvalue weighted by Gasteiger charge is 2.66. The third-order valence-corrected chi connectivity index (χ3v) is 9.59. The Labute approximate surface area is 257 Å². The molecule has 2 aliphatic rings. The molecule has 2 N–H and O–H groups in total. The lowest BCUT2D eigenvalue weighted by Gasteiger charge is -2.48. The first-order valence-corrected chi connectivity index (χ1v) is 15.0. The van der Waals surface area contributed by atoms with Crippen LogP contribution < -0.4 is 10.6 Å². The quantitative estimate of drug-likeness (QED) is 0.177. The smallest absolute Gasteiger partial charge is 0.313 e. The Balaban J connectivity index is 1.89. The molecule has 42 heavy (non-hydrogen) atoms. The van der Waals surface area contributed by atoms with Gasteiger partial charge < -0.3 is 24.6 Å². The van der Waals surface area contributed by atoms with Crippen molar-refractivity contribution < 1.29 is 33.3 Å². The Morgan fingerprint density at radius 2 is 1.74 bits per heavy atom. The zero-order valence-corrected chi connectivity index (χ0v) is 27.0. The summed E-state index contributed by atoms with van der Waals surface area (Å²) in [5, 5.41) is 19.8. The molecule has 2 fully saturated rings. The van der Waals surface area contributed by atoms with E-state index < -0.39 is 50.8 Å². The van der Waals surface area contributed by atoms with Crippen molar-refractivity contribution in [2.75, 3.05) is 33.3 Å². The molecular weight excluding hydrogens is 585 g/mol. The lowest BCUT2D eigenvalue weighted by Crippen LogP contribution is -2.65. The molecular formula is C30H43Cl2N3O7. The minimum absolute atomic E-state index is 0.0538. The number of hydroxylamine groups is 3. The first-order valence-electron chi connectivity index (χ1n) is 14.3. The van der Waals surface area contributed by atoms with E-state index >= 15 is 0 Å². The normalized spacial score (nSPS) is 29.0. The largest absolute Gasteiger partial charge is 0.633 e. The molecule has 1 saturated carbocycles. The van der Waals surface area contributed by atoms with Crippen molar-refractivity contribution in [3.8, 4) is 0 Å². The van der Waals surface area contributed by atoms with Crippen molar-refractivity contribution in [3.05, 3.63) is 39.0 Å². The first-order chi connectivity index (χ1) is 19.4. The van der Waals surface area contributed by atoms with Gasteiger partial charge in [-0.25, -0.2) is 0 Å². The van der Waals surface area contributed by atoms with Gasteiger partial charge in [0.1, 0.15) is 18.3 Å². The SMILES string of the molecule is COC(=O)CCC[N@+]1([O-])CCN[C@H](NC(=O)C2CC(C(=O)c3c(Cl)cccc3Cl)C(C)(C(=O)OC(C)(C)C)C2(C)C)C1. The summed E-state index contributed by atoms with van der Waals surface area (Å²) >= 11 is 12.8. The minimum atomic E-state index is -1.41. The molecule has 0 bridgehead atoms. The molecule has 1 saturated heterocycles. The van der Waals surface area contributed by atoms with E-state index in [2.05, 4.69) is 15.4 Å². The van der Waals surface area contributed by atoms with Gasteiger partial charge in [0.05, 0.1) is 47.6 Å². The Hall–Kier alpha value is -2.24. The Morgan fingerprint density at radius 3 is 2.31 bits per heavy atom. The summed E-state index contributed by atoms with van der Waals surface area (Å²) < 4.78 is 9.92. The number of quaternary nitrogens is 1. The van der Waals surface area contributed by atoms with E-state index in [1.54, 1.807) is 59.7 Å². The molecule has 3 unspecified atom stereocenters. The summed E-state index contributed by atoms with van der Waals surface area (Å²) in [7, 11) is 1.31. The molecule has 0 aromatic heterocycles. The van der Waals surface area contributed by atoms with Gasteiger partial charge in [-0.15, -0.1) is 0 Å². The average molecular weight is 629 g/mol. The van der Waals surface area contributed by atoms with Crippen LogP contribution >= 0.6 is 23.2 Å².